The van der Waals surface area contributed by atoms with Gasteiger partial charge in [0.2, 0.25) is 0 Å². The Morgan fingerprint density at radius 3 is 0.933 bits per heavy atom. The molecule has 92 valence electrons. The molecule has 0 amide bonds. The SMILES string of the molecule is CC(C)(C)[Si](C)(C)S[Si](C)(C)C(C)(C)C. The van der Waals surface area contributed by atoms with E-state index >= 15 is 0 Å². The van der Waals surface area contributed by atoms with E-state index in [9.17, 15) is 0 Å². The van der Waals surface area contributed by atoms with Gasteiger partial charge in [-0.15, -0.1) is 0 Å². The summed E-state index contributed by atoms with van der Waals surface area (Å²) in [7, 11) is 0.0524. The van der Waals surface area contributed by atoms with Crippen LogP contribution >= 0.6 is 10.7 Å². The van der Waals surface area contributed by atoms with Crippen LogP contribution in [0.25, 0.3) is 0 Å². The molecule has 0 heterocycles. The van der Waals surface area contributed by atoms with Gasteiger partial charge in [-0.25, -0.2) is 10.7 Å². The summed E-state index contributed by atoms with van der Waals surface area (Å²) in [5.41, 5.74) is 0. The molecule has 0 nitrogen and oxygen atoms in total. The van der Waals surface area contributed by atoms with Crippen molar-refractivity contribution in [2.24, 2.45) is 0 Å². The fourth-order valence-corrected chi connectivity index (χ4v) is 25.5. The van der Waals surface area contributed by atoms with Crippen LogP contribution in [0.2, 0.25) is 36.3 Å². The summed E-state index contributed by atoms with van der Waals surface area (Å²) in [6.45, 7) is 24.7. The van der Waals surface area contributed by atoms with Crippen LogP contribution in [0.4, 0.5) is 0 Å². The van der Waals surface area contributed by atoms with Gasteiger partial charge in [-0.05, 0) is 10.1 Å². The summed E-state index contributed by atoms with van der Waals surface area (Å²) >= 11 is 0. The summed E-state index contributed by atoms with van der Waals surface area (Å²) < 4.78 is 0. The summed E-state index contributed by atoms with van der Waals surface area (Å²) in [6.07, 6.45) is 0. The van der Waals surface area contributed by atoms with E-state index in [1.54, 1.807) is 0 Å². The second-order valence-electron chi connectivity index (χ2n) is 7.62. The van der Waals surface area contributed by atoms with E-state index in [4.69, 9.17) is 0 Å². The fraction of sp³-hybridized carbons (Fsp3) is 1.00. The molecule has 0 bridgehead atoms. The molecule has 0 radical (unpaired) electrons. The largest absolute Gasteiger partial charge is 0.205 e. The van der Waals surface area contributed by atoms with Gasteiger partial charge >= 0.3 is 0 Å². The Morgan fingerprint density at radius 2 is 0.800 bits per heavy atom. The lowest BCUT2D eigenvalue weighted by atomic mass is 10.2. The number of hydrogen-bond donors (Lipinski definition) is 0. The molecule has 0 atom stereocenters. The van der Waals surface area contributed by atoms with E-state index in [0.717, 1.165) is 0 Å². The minimum absolute atomic E-state index is 0.507. The third kappa shape index (κ3) is 3.93. The molecule has 0 aliphatic carbocycles. The highest BCUT2D eigenvalue weighted by molar-refractivity contribution is 8.50. The van der Waals surface area contributed by atoms with E-state index in [1.807, 2.05) is 0 Å². The maximum atomic E-state index is 2.54. The van der Waals surface area contributed by atoms with Crippen LogP contribution in [0.3, 0.4) is 0 Å². The van der Waals surface area contributed by atoms with E-state index < -0.39 is 14.4 Å². The zero-order chi connectivity index (χ0) is 12.7. The van der Waals surface area contributed by atoms with Gasteiger partial charge in [0.1, 0.15) is 14.4 Å². The predicted molar refractivity (Wildman–Crippen MR) is 82.0 cm³/mol. The lowest BCUT2D eigenvalue weighted by Gasteiger charge is -2.46. The van der Waals surface area contributed by atoms with E-state index in [-0.39, 0.29) is 0 Å². The normalized spacial score (nSPS) is 15.6. The summed E-state index contributed by atoms with van der Waals surface area (Å²) in [6, 6.07) is 0. The standard InChI is InChI=1S/C12H30SSi2/c1-11(2,3)14(7,8)13-15(9,10)12(4,5)6/h1-10H3. The first-order chi connectivity index (χ1) is 6.21. The van der Waals surface area contributed by atoms with Crippen LogP contribution in [0, 0.1) is 0 Å². The molecule has 0 aromatic rings. The average molecular weight is 263 g/mol. The fourth-order valence-electron chi connectivity index (χ4n) is 0.944. The van der Waals surface area contributed by atoms with Crippen LogP contribution in [-0.4, -0.2) is 14.4 Å². The van der Waals surface area contributed by atoms with E-state index in [0.29, 0.717) is 10.1 Å². The van der Waals surface area contributed by atoms with Crippen molar-refractivity contribution in [3.63, 3.8) is 0 Å². The summed E-state index contributed by atoms with van der Waals surface area (Å²) in [4.78, 5) is 0. The Labute approximate surface area is 103 Å². The van der Waals surface area contributed by atoms with Gasteiger partial charge in [-0.3, -0.25) is 0 Å². The second kappa shape index (κ2) is 4.23. The number of hydrogen-bond acceptors (Lipinski definition) is 1. The molecule has 0 aliphatic rings. The summed E-state index contributed by atoms with van der Waals surface area (Å²) in [5.74, 6) is 0. The molecule has 0 aliphatic heterocycles. The molecule has 0 fully saturated rings. The van der Waals surface area contributed by atoms with Crippen LogP contribution in [0.1, 0.15) is 41.5 Å². The molecule has 3 heteroatoms. The minimum Gasteiger partial charge on any atom is -0.205 e. The minimum atomic E-state index is -1.17. The molecule has 0 rings (SSSR count). The van der Waals surface area contributed by atoms with Gasteiger partial charge in [-0.2, -0.15) is 0 Å². The molecule has 0 aromatic carbocycles. The van der Waals surface area contributed by atoms with Crippen molar-refractivity contribution in [3.05, 3.63) is 0 Å². The van der Waals surface area contributed by atoms with Gasteiger partial charge in [-0.1, -0.05) is 67.7 Å². The first-order valence-electron chi connectivity index (χ1n) is 5.91. The Morgan fingerprint density at radius 1 is 0.600 bits per heavy atom. The van der Waals surface area contributed by atoms with Crippen molar-refractivity contribution in [2.75, 3.05) is 0 Å². The highest BCUT2D eigenvalue weighted by Gasteiger charge is 2.45. The Bertz CT molecular complexity index is 195. The Balaban J connectivity index is 4.89. The maximum absolute atomic E-state index is 2.54. The maximum Gasteiger partial charge on any atom is 0.109 e. The zero-order valence-corrected chi connectivity index (χ0v) is 15.2. The highest BCUT2D eigenvalue weighted by Crippen LogP contribution is 2.53. The highest BCUT2D eigenvalue weighted by atomic mass is 32.5. The lowest BCUT2D eigenvalue weighted by molar-refractivity contribution is 0.732. The molecule has 0 saturated heterocycles. The van der Waals surface area contributed by atoms with Crippen LogP contribution in [0.5, 0.6) is 0 Å². The van der Waals surface area contributed by atoms with Crippen molar-refractivity contribution >= 4 is 25.1 Å². The van der Waals surface area contributed by atoms with E-state index in [1.165, 1.54) is 0 Å². The Kier molecular flexibility index (Phi) is 4.45. The average Bonchev–Trinajstić information content (AvgIpc) is 1.77. The molecular weight excluding hydrogens is 232 g/mol. The third-order valence-electron chi connectivity index (χ3n) is 4.12. The van der Waals surface area contributed by atoms with Gasteiger partial charge in [0, 0.05) is 0 Å². The van der Waals surface area contributed by atoms with Crippen LogP contribution in [-0.2, 0) is 0 Å². The van der Waals surface area contributed by atoms with Crippen molar-refractivity contribution in [1.29, 1.82) is 0 Å². The predicted octanol–water partition coefficient (Wildman–Crippen LogP) is 5.73. The van der Waals surface area contributed by atoms with Crippen LogP contribution in [0.15, 0.2) is 0 Å². The van der Waals surface area contributed by atoms with Crippen molar-refractivity contribution in [2.45, 2.75) is 77.8 Å². The first kappa shape index (κ1) is 15.8. The quantitative estimate of drug-likeness (QED) is 0.573. The topological polar surface area (TPSA) is 0 Å². The molecule has 0 unspecified atom stereocenters. The summed E-state index contributed by atoms with van der Waals surface area (Å²) in [5, 5.41) is 1.01. The first-order valence-corrected chi connectivity index (χ1v) is 14.2. The van der Waals surface area contributed by atoms with Gasteiger partial charge in [0.05, 0.1) is 0 Å². The second-order valence-corrected chi connectivity index (χ2v) is 25.4. The third-order valence-corrected chi connectivity index (χ3v) is 28.3. The van der Waals surface area contributed by atoms with Crippen LogP contribution < -0.4 is 0 Å². The lowest BCUT2D eigenvalue weighted by Crippen LogP contribution is -2.44. The van der Waals surface area contributed by atoms with Crippen molar-refractivity contribution in [3.8, 4) is 0 Å². The van der Waals surface area contributed by atoms with E-state index in [2.05, 4.69) is 78.4 Å². The van der Waals surface area contributed by atoms with Crippen molar-refractivity contribution < 1.29 is 0 Å². The molecule has 15 heavy (non-hydrogen) atoms. The molecule has 0 aromatic heterocycles. The zero-order valence-electron chi connectivity index (χ0n) is 12.4. The number of rotatable bonds is 2. The van der Waals surface area contributed by atoms with Gasteiger partial charge < -0.3 is 0 Å². The molecule has 0 N–H and O–H groups in total. The van der Waals surface area contributed by atoms with Crippen molar-refractivity contribution in [1.82, 2.24) is 0 Å². The van der Waals surface area contributed by atoms with Gasteiger partial charge in [0.25, 0.3) is 0 Å². The Hall–Kier alpha value is 0.784. The molecule has 0 spiro atoms. The monoisotopic (exact) mass is 262 g/mol. The molecule has 0 saturated carbocycles. The smallest absolute Gasteiger partial charge is 0.109 e. The van der Waals surface area contributed by atoms with Gasteiger partial charge in [0.15, 0.2) is 0 Å². The molecular formula is C12H30SSi2.